The lowest BCUT2D eigenvalue weighted by atomic mass is 10.1. The fourth-order valence-corrected chi connectivity index (χ4v) is 2.38. The highest BCUT2D eigenvalue weighted by atomic mass is 16.1. The van der Waals surface area contributed by atoms with Crippen molar-refractivity contribution in [2.24, 2.45) is 0 Å². The Labute approximate surface area is 133 Å². The van der Waals surface area contributed by atoms with Crippen LogP contribution in [-0.4, -0.2) is 12.5 Å². The number of aryl methyl sites for hydroxylation is 4. The van der Waals surface area contributed by atoms with Crippen LogP contribution in [0.25, 0.3) is 0 Å². The summed E-state index contributed by atoms with van der Waals surface area (Å²) in [5.74, 6) is 0.143. The Morgan fingerprint density at radius 2 is 1.32 bits per heavy atom. The van der Waals surface area contributed by atoms with Crippen molar-refractivity contribution >= 4 is 5.91 Å². The van der Waals surface area contributed by atoms with Crippen LogP contribution in [-0.2, 0) is 17.6 Å². The van der Waals surface area contributed by atoms with Crippen LogP contribution in [0.1, 0.15) is 35.1 Å². The molecule has 22 heavy (non-hydrogen) atoms. The van der Waals surface area contributed by atoms with E-state index in [1.165, 1.54) is 22.3 Å². The fraction of sp³-hybridized carbons (Fsp3) is 0.350. The van der Waals surface area contributed by atoms with Crippen LogP contribution in [0.3, 0.4) is 0 Å². The van der Waals surface area contributed by atoms with Gasteiger partial charge in [-0.05, 0) is 44.2 Å². The molecular weight excluding hydrogens is 270 g/mol. The van der Waals surface area contributed by atoms with Crippen molar-refractivity contribution < 1.29 is 4.79 Å². The molecule has 1 N–H and O–H groups in total. The Hall–Kier alpha value is -2.09. The van der Waals surface area contributed by atoms with Gasteiger partial charge in [0.05, 0.1) is 0 Å². The van der Waals surface area contributed by atoms with E-state index >= 15 is 0 Å². The van der Waals surface area contributed by atoms with E-state index in [4.69, 9.17) is 0 Å². The van der Waals surface area contributed by atoms with Crippen LogP contribution in [0.5, 0.6) is 0 Å². The maximum absolute atomic E-state index is 11.8. The molecule has 0 aromatic heterocycles. The number of rotatable bonds is 7. The van der Waals surface area contributed by atoms with Crippen molar-refractivity contribution in [2.45, 2.75) is 39.5 Å². The minimum atomic E-state index is 0.143. The molecule has 0 saturated heterocycles. The summed E-state index contributed by atoms with van der Waals surface area (Å²) in [4.78, 5) is 11.8. The van der Waals surface area contributed by atoms with Gasteiger partial charge < -0.3 is 5.32 Å². The lowest BCUT2D eigenvalue weighted by molar-refractivity contribution is -0.121. The second kappa shape index (κ2) is 8.38. The number of amides is 1. The first kappa shape index (κ1) is 16.3. The predicted molar refractivity (Wildman–Crippen MR) is 92.0 cm³/mol. The van der Waals surface area contributed by atoms with E-state index in [1.807, 2.05) is 0 Å². The van der Waals surface area contributed by atoms with E-state index in [2.05, 4.69) is 67.7 Å². The van der Waals surface area contributed by atoms with Crippen LogP contribution in [0.15, 0.2) is 48.5 Å². The van der Waals surface area contributed by atoms with Gasteiger partial charge in [-0.15, -0.1) is 0 Å². The maximum Gasteiger partial charge on any atom is 0.220 e. The van der Waals surface area contributed by atoms with Crippen molar-refractivity contribution in [3.63, 3.8) is 0 Å². The smallest absolute Gasteiger partial charge is 0.220 e. The van der Waals surface area contributed by atoms with E-state index in [0.29, 0.717) is 6.42 Å². The van der Waals surface area contributed by atoms with Crippen molar-refractivity contribution in [3.05, 3.63) is 70.8 Å². The molecule has 2 aromatic carbocycles. The number of hydrogen-bond donors (Lipinski definition) is 1. The van der Waals surface area contributed by atoms with E-state index in [0.717, 1.165) is 25.8 Å². The first-order valence-corrected chi connectivity index (χ1v) is 8.01. The molecule has 0 fully saturated rings. The molecule has 0 saturated carbocycles. The third kappa shape index (κ3) is 5.72. The summed E-state index contributed by atoms with van der Waals surface area (Å²) in [5.41, 5.74) is 5.09. The molecule has 2 rings (SSSR count). The standard InChI is InChI=1S/C20H25NO/c1-16-5-9-18(10-6-16)4-3-15-21-20(22)14-13-19-11-7-17(2)8-12-19/h5-12H,3-4,13-15H2,1-2H3,(H,21,22). The first-order valence-electron chi connectivity index (χ1n) is 8.01. The van der Waals surface area contributed by atoms with Crippen LogP contribution in [0.2, 0.25) is 0 Å². The van der Waals surface area contributed by atoms with Gasteiger partial charge in [-0.3, -0.25) is 4.79 Å². The Balaban J connectivity index is 1.61. The van der Waals surface area contributed by atoms with E-state index in [-0.39, 0.29) is 5.91 Å². The normalized spacial score (nSPS) is 10.5. The molecule has 0 spiro atoms. The largest absolute Gasteiger partial charge is 0.356 e. The highest BCUT2D eigenvalue weighted by Crippen LogP contribution is 2.07. The number of carbonyl (C=O) groups excluding carboxylic acids is 1. The van der Waals surface area contributed by atoms with Gasteiger partial charge in [0.25, 0.3) is 0 Å². The van der Waals surface area contributed by atoms with Crippen molar-refractivity contribution in [2.75, 3.05) is 6.54 Å². The molecule has 2 aromatic rings. The summed E-state index contributed by atoms with van der Waals surface area (Å²) in [6.45, 7) is 4.92. The lowest BCUT2D eigenvalue weighted by Gasteiger charge is -2.06. The summed E-state index contributed by atoms with van der Waals surface area (Å²) >= 11 is 0. The molecule has 2 heteroatoms. The Morgan fingerprint density at radius 1 is 0.818 bits per heavy atom. The zero-order valence-electron chi connectivity index (χ0n) is 13.6. The minimum Gasteiger partial charge on any atom is -0.356 e. The van der Waals surface area contributed by atoms with Crippen LogP contribution < -0.4 is 5.32 Å². The molecule has 0 radical (unpaired) electrons. The van der Waals surface area contributed by atoms with Gasteiger partial charge in [-0.25, -0.2) is 0 Å². The number of carbonyl (C=O) groups is 1. The summed E-state index contributed by atoms with van der Waals surface area (Å²) in [5, 5.41) is 3.01. The van der Waals surface area contributed by atoms with E-state index in [1.54, 1.807) is 0 Å². The van der Waals surface area contributed by atoms with Crippen molar-refractivity contribution in [1.82, 2.24) is 5.32 Å². The molecule has 1 amide bonds. The second-order valence-corrected chi connectivity index (χ2v) is 5.92. The molecule has 0 aliphatic carbocycles. The zero-order valence-corrected chi connectivity index (χ0v) is 13.6. The highest BCUT2D eigenvalue weighted by Gasteiger charge is 2.02. The first-order chi connectivity index (χ1) is 10.6. The maximum atomic E-state index is 11.8. The molecule has 0 atom stereocenters. The quantitative estimate of drug-likeness (QED) is 0.769. The molecule has 0 heterocycles. The predicted octanol–water partition coefficient (Wildman–Crippen LogP) is 3.99. The van der Waals surface area contributed by atoms with Crippen molar-refractivity contribution in [3.8, 4) is 0 Å². The highest BCUT2D eigenvalue weighted by molar-refractivity contribution is 5.76. The molecule has 0 bridgehead atoms. The third-order valence-electron chi connectivity index (χ3n) is 3.85. The third-order valence-corrected chi connectivity index (χ3v) is 3.85. The summed E-state index contributed by atoms with van der Waals surface area (Å²) in [6, 6.07) is 17.0. The van der Waals surface area contributed by atoms with Crippen LogP contribution in [0.4, 0.5) is 0 Å². The summed E-state index contributed by atoms with van der Waals surface area (Å²) in [7, 11) is 0. The van der Waals surface area contributed by atoms with Gasteiger partial charge in [0, 0.05) is 13.0 Å². The van der Waals surface area contributed by atoms with E-state index in [9.17, 15) is 4.79 Å². The topological polar surface area (TPSA) is 29.1 Å². The Bertz CT molecular complexity index is 584. The molecule has 0 aliphatic heterocycles. The van der Waals surface area contributed by atoms with Crippen LogP contribution in [0, 0.1) is 13.8 Å². The van der Waals surface area contributed by atoms with Gasteiger partial charge in [0.1, 0.15) is 0 Å². The fourth-order valence-electron chi connectivity index (χ4n) is 2.38. The summed E-state index contributed by atoms with van der Waals surface area (Å²) < 4.78 is 0. The average molecular weight is 295 g/mol. The van der Waals surface area contributed by atoms with Crippen molar-refractivity contribution in [1.29, 1.82) is 0 Å². The molecule has 116 valence electrons. The van der Waals surface area contributed by atoms with E-state index < -0.39 is 0 Å². The monoisotopic (exact) mass is 295 g/mol. The van der Waals surface area contributed by atoms with Gasteiger partial charge in [-0.2, -0.15) is 0 Å². The lowest BCUT2D eigenvalue weighted by Crippen LogP contribution is -2.24. The minimum absolute atomic E-state index is 0.143. The number of hydrogen-bond acceptors (Lipinski definition) is 1. The van der Waals surface area contributed by atoms with Gasteiger partial charge in [-0.1, -0.05) is 59.7 Å². The average Bonchev–Trinajstić information content (AvgIpc) is 2.53. The van der Waals surface area contributed by atoms with Gasteiger partial charge >= 0.3 is 0 Å². The van der Waals surface area contributed by atoms with Gasteiger partial charge in [0.15, 0.2) is 0 Å². The molecular formula is C20H25NO. The second-order valence-electron chi connectivity index (χ2n) is 5.92. The number of nitrogens with one attached hydrogen (secondary N) is 1. The molecule has 2 nitrogen and oxygen atoms in total. The SMILES string of the molecule is Cc1ccc(CCCNC(=O)CCc2ccc(C)cc2)cc1. The molecule has 0 aliphatic rings. The number of benzene rings is 2. The van der Waals surface area contributed by atoms with Crippen LogP contribution >= 0.6 is 0 Å². The van der Waals surface area contributed by atoms with Gasteiger partial charge in [0.2, 0.25) is 5.91 Å². The summed E-state index contributed by atoms with van der Waals surface area (Å²) in [6.07, 6.45) is 3.37. The Kier molecular flexibility index (Phi) is 6.20. The Morgan fingerprint density at radius 3 is 1.86 bits per heavy atom. The molecule has 0 unspecified atom stereocenters. The zero-order chi connectivity index (χ0) is 15.8.